The maximum absolute atomic E-state index is 12.5. The number of carbonyl (C=O) groups excluding carboxylic acids is 2. The first kappa shape index (κ1) is 37.5. The van der Waals surface area contributed by atoms with Crippen LogP contribution in [0, 0.1) is 40.4 Å². The van der Waals surface area contributed by atoms with Gasteiger partial charge in [-0.15, -0.1) is 0 Å². The summed E-state index contributed by atoms with van der Waals surface area (Å²) in [4.78, 5) is 24.5. The minimum Gasteiger partial charge on any atom is -0.545 e. The standard InChI is InChI=1S/C37H60O9Si/c1-23(19-31(46-47(10,11)12)35(3,4)43-22-40-7)24(2)28-15-16-29-27-14-13-25-20-26(44-33(38)41-8)21-32(45-34(39)42-9)37(25,6)30(27)17-18-36(28,29)5/h13-14,19,23-24,26,28-30,32H,15-18,20-22H2,1-12H3/t23?,24-,26-,28-,29+,30+,32+,36-,37+/m1/s1. The molecule has 0 bridgehead atoms. The molecular weight excluding hydrogens is 616 g/mol. The molecule has 0 aromatic heterocycles. The van der Waals surface area contributed by atoms with E-state index in [0.717, 1.165) is 30.6 Å². The van der Waals surface area contributed by atoms with E-state index in [-0.39, 0.29) is 24.0 Å². The smallest absolute Gasteiger partial charge is 0.508 e. The van der Waals surface area contributed by atoms with Crippen LogP contribution in [-0.2, 0) is 32.8 Å². The summed E-state index contributed by atoms with van der Waals surface area (Å²) in [5.74, 6) is 2.85. The highest BCUT2D eigenvalue weighted by Gasteiger charge is 2.60. The lowest BCUT2D eigenvalue weighted by Gasteiger charge is -2.57. The number of methoxy groups -OCH3 is 3. The van der Waals surface area contributed by atoms with E-state index in [1.165, 1.54) is 26.2 Å². The average Bonchev–Trinajstić information content (AvgIpc) is 3.36. The predicted octanol–water partition coefficient (Wildman–Crippen LogP) is 8.81. The third kappa shape index (κ3) is 7.64. The summed E-state index contributed by atoms with van der Waals surface area (Å²) in [6, 6.07) is 0. The molecule has 10 heteroatoms. The zero-order valence-electron chi connectivity index (χ0n) is 30.9. The van der Waals surface area contributed by atoms with Gasteiger partial charge in [-0.2, -0.15) is 0 Å². The molecule has 0 N–H and O–H groups in total. The molecule has 0 saturated heterocycles. The first-order valence-corrected chi connectivity index (χ1v) is 20.8. The highest BCUT2D eigenvalue weighted by molar-refractivity contribution is 6.70. The molecule has 0 aromatic rings. The minimum absolute atomic E-state index is 0.150. The Bertz CT molecular complexity index is 1250. The molecule has 266 valence electrons. The molecule has 0 spiro atoms. The Morgan fingerprint density at radius 2 is 1.64 bits per heavy atom. The van der Waals surface area contributed by atoms with Crippen LogP contribution in [-0.4, -0.2) is 66.6 Å². The van der Waals surface area contributed by atoms with Crippen molar-refractivity contribution in [2.45, 2.75) is 118 Å². The van der Waals surface area contributed by atoms with E-state index in [4.69, 9.17) is 32.8 Å². The summed E-state index contributed by atoms with van der Waals surface area (Å²) in [5, 5.41) is 0. The van der Waals surface area contributed by atoms with Crippen LogP contribution in [0.5, 0.6) is 0 Å². The van der Waals surface area contributed by atoms with Crippen LogP contribution >= 0.6 is 0 Å². The first-order chi connectivity index (χ1) is 21.9. The summed E-state index contributed by atoms with van der Waals surface area (Å²) in [6.45, 7) is 20.4. The molecule has 4 rings (SSSR count). The van der Waals surface area contributed by atoms with Gasteiger partial charge in [-0.3, -0.25) is 0 Å². The summed E-state index contributed by atoms with van der Waals surface area (Å²) < 4.78 is 39.3. The molecule has 0 aromatic carbocycles. The number of hydrogen-bond acceptors (Lipinski definition) is 9. The summed E-state index contributed by atoms with van der Waals surface area (Å²) in [7, 11) is 2.38. The van der Waals surface area contributed by atoms with Gasteiger partial charge in [0.1, 0.15) is 30.4 Å². The number of allylic oxidation sites excluding steroid dienone is 4. The fourth-order valence-electron chi connectivity index (χ4n) is 9.24. The Balaban J connectivity index is 1.62. The van der Waals surface area contributed by atoms with Gasteiger partial charge in [-0.1, -0.05) is 51.0 Å². The number of fused-ring (bicyclic) bond motifs is 5. The Morgan fingerprint density at radius 3 is 2.26 bits per heavy atom. The molecule has 47 heavy (non-hydrogen) atoms. The van der Waals surface area contributed by atoms with E-state index in [2.05, 4.69) is 79.4 Å². The van der Waals surface area contributed by atoms with E-state index in [0.29, 0.717) is 30.6 Å². The second kappa shape index (κ2) is 14.3. The van der Waals surface area contributed by atoms with Crippen LogP contribution in [0.2, 0.25) is 19.6 Å². The second-order valence-electron chi connectivity index (χ2n) is 16.2. The Morgan fingerprint density at radius 1 is 0.979 bits per heavy atom. The molecule has 0 aliphatic heterocycles. The van der Waals surface area contributed by atoms with E-state index in [9.17, 15) is 9.59 Å². The molecule has 4 aliphatic carbocycles. The molecule has 9 nitrogen and oxygen atoms in total. The zero-order chi connectivity index (χ0) is 34.9. The summed E-state index contributed by atoms with van der Waals surface area (Å²) in [5.41, 5.74) is 1.77. The topological polar surface area (TPSA) is 98.8 Å². The van der Waals surface area contributed by atoms with Crippen molar-refractivity contribution in [1.29, 1.82) is 0 Å². The van der Waals surface area contributed by atoms with Crippen LogP contribution in [0.1, 0.15) is 80.1 Å². The fourth-order valence-corrected chi connectivity index (χ4v) is 10.2. The van der Waals surface area contributed by atoms with Gasteiger partial charge in [0, 0.05) is 25.4 Å². The highest BCUT2D eigenvalue weighted by atomic mass is 28.4. The Hall–Kier alpha value is -2.30. The van der Waals surface area contributed by atoms with E-state index in [1.807, 2.05) is 0 Å². The highest BCUT2D eigenvalue weighted by Crippen LogP contribution is 2.66. The SMILES string of the molecule is COCOC(C)(C)C(=CC(C)[C@@H](C)[C@H]1CC[C@H]2C3=CC=C4C[C@@H](OC(=O)OC)C[C@H](OC(=O)OC)[C@]4(C)[C@H]3CC[C@]12C)O[Si](C)(C)C. The molecule has 0 amide bonds. The van der Waals surface area contributed by atoms with Crippen molar-refractivity contribution in [3.05, 3.63) is 35.1 Å². The zero-order valence-corrected chi connectivity index (χ0v) is 31.9. The van der Waals surface area contributed by atoms with Gasteiger partial charge in [-0.05, 0) is 100 Å². The largest absolute Gasteiger partial charge is 0.545 e. The maximum atomic E-state index is 12.5. The van der Waals surface area contributed by atoms with Crippen LogP contribution in [0.4, 0.5) is 9.59 Å². The lowest BCUT2D eigenvalue weighted by atomic mass is 9.49. The number of ether oxygens (including phenoxy) is 6. The van der Waals surface area contributed by atoms with Crippen LogP contribution < -0.4 is 0 Å². The van der Waals surface area contributed by atoms with Gasteiger partial charge < -0.3 is 32.8 Å². The molecule has 4 aliphatic rings. The van der Waals surface area contributed by atoms with Gasteiger partial charge in [0.05, 0.1) is 14.2 Å². The lowest BCUT2D eigenvalue weighted by molar-refractivity contribution is -0.109. The van der Waals surface area contributed by atoms with Gasteiger partial charge in [0.25, 0.3) is 0 Å². The van der Waals surface area contributed by atoms with Gasteiger partial charge >= 0.3 is 12.3 Å². The molecule has 3 saturated carbocycles. The van der Waals surface area contributed by atoms with Gasteiger partial charge in [0.2, 0.25) is 8.32 Å². The van der Waals surface area contributed by atoms with Crippen molar-refractivity contribution < 1.29 is 42.4 Å². The van der Waals surface area contributed by atoms with Crippen molar-refractivity contribution in [2.24, 2.45) is 40.4 Å². The van der Waals surface area contributed by atoms with E-state index >= 15 is 0 Å². The summed E-state index contributed by atoms with van der Waals surface area (Å²) in [6.07, 6.45) is 9.91. The van der Waals surface area contributed by atoms with Crippen molar-refractivity contribution >= 4 is 20.6 Å². The molecule has 0 heterocycles. The first-order valence-electron chi connectivity index (χ1n) is 17.4. The lowest BCUT2D eigenvalue weighted by Crippen LogP contribution is -2.54. The number of carbonyl (C=O) groups is 2. The van der Waals surface area contributed by atoms with Crippen LogP contribution in [0.15, 0.2) is 35.1 Å². The fraction of sp³-hybridized carbons (Fsp3) is 0.784. The summed E-state index contributed by atoms with van der Waals surface area (Å²) >= 11 is 0. The third-order valence-corrected chi connectivity index (χ3v) is 12.8. The van der Waals surface area contributed by atoms with Crippen molar-refractivity contribution in [2.75, 3.05) is 28.1 Å². The van der Waals surface area contributed by atoms with E-state index in [1.54, 1.807) is 7.11 Å². The molecule has 1 unspecified atom stereocenters. The quantitative estimate of drug-likeness (QED) is 0.0920. The van der Waals surface area contributed by atoms with Gasteiger partial charge in [-0.25, -0.2) is 9.59 Å². The van der Waals surface area contributed by atoms with Gasteiger partial charge in [0.15, 0.2) is 0 Å². The molecule has 0 radical (unpaired) electrons. The van der Waals surface area contributed by atoms with Crippen molar-refractivity contribution in [1.82, 2.24) is 0 Å². The maximum Gasteiger partial charge on any atom is 0.508 e. The number of hydrogen-bond donors (Lipinski definition) is 0. The van der Waals surface area contributed by atoms with E-state index < -0.39 is 43.9 Å². The monoisotopic (exact) mass is 676 g/mol. The molecule has 9 atom stereocenters. The van der Waals surface area contributed by atoms with Crippen LogP contribution in [0.25, 0.3) is 0 Å². The van der Waals surface area contributed by atoms with Crippen molar-refractivity contribution in [3.63, 3.8) is 0 Å². The Labute approximate surface area is 283 Å². The Kier molecular flexibility index (Phi) is 11.4. The van der Waals surface area contributed by atoms with Crippen molar-refractivity contribution in [3.8, 4) is 0 Å². The van der Waals surface area contributed by atoms with Crippen LogP contribution in [0.3, 0.4) is 0 Å². The molecular formula is C37H60O9Si. The minimum atomic E-state index is -1.89. The average molecular weight is 677 g/mol. The third-order valence-electron chi connectivity index (χ3n) is 11.9. The predicted molar refractivity (Wildman–Crippen MR) is 183 cm³/mol. The number of rotatable bonds is 11. The normalized spacial score (nSPS) is 33.6. The second-order valence-corrected chi connectivity index (χ2v) is 20.6. The molecule has 3 fully saturated rings.